The molecule has 144 valence electrons. The highest BCUT2D eigenvalue weighted by molar-refractivity contribution is 7.99. The van der Waals surface area contributed by atoms with Gasteiger partial charge in [0.1, 0.15) is 5.75 Å². The number of hydrogen-bond acceptors (Lipinski definition) is 8. The lowest BCUT2D eigenvalue weighted by atomic mass is 10.2. The molecule has 3 aromatic rings. The molecule has 0 saturated carbocycles. The molecule has 1 amide bonds. The van der Waals surface area contributed by atoms with Crippen LogP contribution in [0.2, 0.25) is 0 Å². The van der Waals surface area contributed by atoms with Crippen LogP contribution in [0.5, 0.6) is 5.75 Å². The number of rotatable bonds is 7. The molecule has 0 saturated heterocycles. The van der Waals surface area contributed by atoms with Crippen LogP contribution in [0.3, 0.4) is 0 Å². The van der Waals surface area contributed by atoms with Gasteiger partial charge in [0.2, 0.25) is 5.91 Å². The number of para-hydroxylation sites is 1. The van der Waals surface area contributed by atoms with Crippen LogP contribution in [0, 0.1) is 0 Å². The highest BCUT2D eigenvalue weighted by Gasteiger charge is 2.15. The second-order valence-corrected chi connectivity index (χ2v) is 6.41. The van der Waals surface area contributed by atoms with Gasteiger partial charge in [0, 0.05) is 5.69 Å². The maximum Gasteiger partial charge on any atom is 0.337 e. The summed E-state index contributed by atoms with van der Waals surface area (Å²) in [6, 6.07) is 13.8. The SMILES string of the molecule is COC(=O)c1cccc(NC(=O)CSc2nnc(-c3ccccc3OC)o2)c1. The van der Waals surface area contributed by atoms with Gasteiger partial charge in [-0.05, 0) is 30.3 Å². The maximum atomic E-state index is 12.2. The third-order valence-corrected chi connectivity index (χ3v) is 4.46. The van der Waals surface area contributed by atoms with E-state index in [4.69, 9.17) is 9.15 Å². The Morgan fingerprint density at radius 1 is 1.11 bits per heavy atom. The molecule has 3 rings (SSSR count). The van der Waals surface area contributed by atoms with Gasteiger partial charge in [-0.15, -0.1) is 10.2 Å². The van der Waals surface area contributed by atoms with Gasteiger partial charge in [0.25, 0.3) is 11.1 Å². The summed E-state index contributed by atoms with van der Waals surface area (Å²) in [6.45, 7) is 0. The Labute approximate surface area is 165 Å². The van der Waals surface area contributed by atoms with Gasteiger partial charge in [-0.3, -0.25) is 4.79 Å². The first-order valence-electron chi connectivity index (χ1n) is 8.18. The van der Waals surface area contributed by atoms with Crippen molar-refractivity contribution >= 4 is 29.3 Å². The normalized spacial score (nSPS) is 10.4. The fourth-order valence-electron chi connectivity index (χ4n) is 2.36. The lowest BCUT2D eigenvalue weighted by Crippen LogP contribution is -2.14. The Balaban J connectivity index is 1.60. The van der Waals surface area contributed by atoms with Gasteiger partial charge in [-0.1, -0.05) is 30.0 Å². The average Bonchev–Trinajstić information content (AvgIpc) is 3.20. The van der Waals surface area contributed by atoms with E-state index in [-0.39, 0.29) is 16.9 Å². The van der Waals surface area contributed by atoms with E-state index in [1.165, 1.54) is 7.11 Å². The number of amides is 1. The van der Waals surface area contributed by atoms with Crippen molar-refractivity contribution in [3.63, 3.8) is 0 Å². The first-order valence-corrected chi connectivity index (χ1v) is 9.17. The molecule has 28 heavy (non-hydrogen) atoms. The third kappa shape index (κ3) is 4.68. The standard InChI is InChI=1S/C19H17N3O5S/c1-25-15-9-4-3-8-14(15)17-21-22-19(27-17)28-11-16(23)20-13-7-5-6-12(10-13)18(24)26-2/h3-10H,11H2,1-2H3,(H,20,23). The summed E-state index contributed by atoms with van der Waals surface area (Å²) in [4.78, 5) is 23.7. The highest BCUT2D eigenvalue weighted by Crippen LogP contribution is 2.30. The number of carbonyl (C=O) groups excluding carboxylic acids is 2. The minimum atomic E-state index is -0.472. The summed E-state index contributed by atoms with van der Waals surface area (Å²) in [5, 5.41) is 10.9. The summed E-state index contributed by atoms with van der Waals surface area (Å²) >= 11 is 1.11. The predicted octanol–water partition coefficient (Wildman–Crippen LogP) is 3.26. The van der Waals surface area contributed by atoms with Gasteiger partial charge in [0.05, 0.1) is 31.1 Å². The van der Waals surface area contributed by atoms with E-state index in [2.05, 4.69) is 20.3 Å². The van der Waals surface area contributed by atoms with E-state index in [9.17, 15) is 9.59 Å². The summed E-state index contributed by atoms with van der Waals surface area (Å²) in [5.74, 6) is 0.247. The minimum absolute atomic E-state index is 0.0655. The Kier molecular flexibility index (Phi) is 6.28. The van der Waals surface area contributed by atoms with E-state index < -0.39 is 5.97 Å². The Morgan fingerprint density at radius 2 is 1.93 bits per heavy atom. The maximum absolute atomic E-state index is 12.2. The predicted molar refractivity (Wildman–Crippen MR) is 103 cm³/mol. The zero-order chi connectivity index (χ0) is 19.9. The van der Waals surface area contributed by atoms with Gasteiger partial charge < -0.3 is 19.2 Å². The third-order valence-electron chi connectivity index (χ3n) is 3.64. The second-order valence-electron chi connectivity index (χ2n) is 5.48. The lowest BCUT2D eigenvalue weighted by Gasteiger charge is -2.06. The van der Waals surface area contributed by atoms with E-state index in [0.29, 0.717) is 28.5 Å². The van der Waals surface area contributed by atoms with Crippen molar-refractivity contribution in [1.29, 1.82) is 0 Å². The van der Waals surface area contributed by atoms with Crippen molar-refractivity contribution in [2.45, 2.75) is 5.22 Å². The van der Waals surface area contributed by atoms with Crippen LogP contribution in [0.1, 0.15) is 10.4 Å². The number of methoxy groups -OCH3 is 2. The van der Waals surface area contributed by atoms with Crippen molar-refractivity contribution in [3.8, 4) is 17.2 Å². The first-order chi connectivity index (χ1) is 13.6. The number of nitrogens with one attached hydrogen (secondary N) is 1. The zero-order valence-corrected chi connectivity index (χ0v) is 16.0. The molecule has 0 aliphatic carbocycles. The van der Waals surface area contributed by atoms with Gasteiger partial charge >= 0.3 is 5.97 Å². The van der Waals surface area contributed by atoms with Crippen molar-refractivity contribution < 1.29 is 23.5 Å². The summed E-state index contributed by atoms with van der Waals surface area (Å²) in [5.41, 5.74) is 1.52. The number of thioether (sulfide) groups is 1. The average molecular weight is 399 g/mol. The second kappa shape index (κ2) is 9.05. The fraction of sp³-hybridized carbons (Fsp3) is 0.158. The Morgan fingerprint density at radius 3 is 2.71 bits per heavy atom. The number of aromatic nitrogens is 2. The topological polar surface area (TPSA) is 104 Å². The lowest BCUT2D eigenvalue weighted by molar-refractivity contribution is -0.113. The molecule has 0 atom stereocenters. The molecule has 1 heterocycles. The number of anilines is 1. The number of carbonyl (C=O) groups is 2. The van der Waals surface area contributed by atoms with Crippen LogP contribution >= 0.6 is 11.8 Å². The molecule has 0 aliphatic heterocycles. The van der Waals surface area contributed by atoms with Crippen LogP contribution in [0.25, 0.3) is 11.5 Å². The quantitative estimate of drug-likeness (QED) is 0.477. The molecule has 0 spiro atoms. The van der Waals surface area contributed by atoms with Crippen LogP contribution in [0.15, 0.2) is 58.2 Å². The smallest absolute Gasteiger partial charge is 0.337 e. The summed E-state index contributed by atoms with van der Waals surface area (Å²) < 4.78 is 15.5. The molecule has 0 fully saturated rings. The molecule has 9 heteroatoms. The number of benzene rings is 2. The minimum Gasteiger partial charge on any atom is -0.496 e. The van der Waals surface area contributed by atoms with Crippen LogP contribution in [0.4, 0.5) is 5.69 Å². The van der Waals surface area contributed by atoms with Gasteiger partial charge in [-0.2, -0.15) is 0 Å². The first kappa shape index (κ1) is 19.4. The number of esters is 1. The van der Waals surface area contributed by atoms with Crippen molar-refractivity contribution in [3.05, 3.63) is 54.1 Å². The van der Waals surface area contributed by atoms with Crippen molar-refractivity contribution in [1.82, 2.24) is 10.2 Å². The van der Waals surface area contributed by atoms with Crippen LogP contribution in [-0.2, 0) is 9.53 Å². The highest BCUT2D eigenvalue weighted by atomic mass is 32.2. The molecular formula is C19H17N3O5S. The largest absolute Gasteiger partial charge is 0.496 e. The van der Waals surface area contributed by atoms with E-state index in [1.807, 2.05) is 18.2 Å². The van der Waals surface area contributed by atoms with Crippen LogP contribution < -0.4 is 10.1 Å². The molecule has 1 N–H and O–H groups in total. The summed E-state index contributed by atoms with van der Waals surface area (Å²) in [7, 11) is 2.86. The molecule has 0 unspecified atom stereocenters. The number of nitrogens with zero attached hydrogens (tertiary/aromatic N) is 2. The molecule has 0 bridgehead atoms. The van der Waals surface area contributed by atoms with E-state index >= 15 is 0 Å². The molecule has 1 aromatic heterocycles. The van der Waals surface area contributed by atoms with Gasteiger partial charge in [0.15, 0.2) is 0 Å². The van der Waals surface area contributed by atoms with Crippen molar-refractivity contribution in [2.24, 2.45) is 0 Å². The summed E-state index contributed by atoms with van der Waals surface area (Å²) in [6.07, 6.45) is 0. The molecule has 2 aromatic carbocycles. The Bertz CT molecular complexity index is 989. The number of ether oxygens (including phenoxy) is 2. The van der Waals surface area contributed by atoms with E-state index in [0.717, 1.165) is 11.8 Å². The van der Waals surface area contributed by atoms with Gasteiger partial charge in [-0.25, -0.2) is 4.79 Å². The van der Waals surface area contributed by atoms with Crippen molar-refractivity contribution in [2.75, 3.05) is 25.3 Å². The zero-order valence-electron chi connectivity index (χ0n) is 15.2. The molecule has 0 radical (unpaired) electrons. The van der Waals surface area contributed by atoms with E-state index in [1.54, 1.807) is 37.4 Å². The molecular weight excluding hydrogens is 382 g/mol. The molecule has 0 aliphatic rings. The fourth-order valence-corrected chi connectivity index (χ4v) is 2.93. The Hall–Kier alpha value is -3.33. The molecule has 8 nitrogen and oxygen atoms in total. The van der Waals surface area contributed by atoms with Crippen LogP contribution in [-0.4, -0.2) is 42.0 Å². The monoisotopic (exact) mass is 399 g/mol. The number of hydrogen-bond donors (Lipinski definition) is 1.